The Kier molecular flexibility index (Phi) is 5.41. The first-order valence-corrected chi connectivity index (χ1v) is 8.95. The molecule has 0 atom stereocenters. The highest BCUT2D eigenvalue weighted by Crippen LogP contribution is 2.24. The lowest BCUT2D eigenvalue weighted by atomic mass is 9.87. The minimum Gasteiger partial charge on any atom is -0.482 e. The maximum absolute atomic E-state index is 12.1. The number of amides is 1. The first kappa shape index (κ1) is 20.1. The monoisotopic (exact) mass is 395 g/mol. The van der Waals surface area contributed by atoms with Crippen molar-refractivity contribution in [3.05, 3.63) is 70.1 Å². The molecule has 2 aromatic carbocycles. The van der Waals surface area contributed by atoms with Crippen LogP contribution in [0.2, 0.25) is 0 Å². The van der Waals surface area contributed by atoms with Gasteiger partial charge in [0, 0.05) is 11.5 Å². The summed E-state index contributed by atoms with van der Waals surface area (Å²) in [5.74, 6) is -0.744. The molecule has 0 aliphatic rings. The van der Waals surface area contributed by atoms with Crippen molar-refractivity contribution in [3.63, 3.8) is 0 Å². The quantitative estimate of drug-likeness (QED) is 0.404. The van der Waals surface area contributed by atoms with E-state index in [0.29, 0.717) is 11.1 Å². The Morgan fingerprint density at radius 3 is 2.28 bits per heavy atom. The van der Waals surface area contributed by atoms with Gasteiger partial charge in [0.05, 0.1) is 0 Å². The summed E-state index contributed by atoms with van der Waals surface area (Å²) in [7, 11) is 0. The van der Waals surface area contributed by atoms with Crippen molar-refractivity contribution >= 4 is 22.8 Å². The molecule has 7 nitrogen and oxygen atoms in total. The van der Waals surface area contributed by atoms with Gasteiger partial charge in [0.15, 0.2) is 6.61 Å². The van der Waals surface area contributed by atoms with Gasteiger partial charge in [0.1, 0.15) is 22.6 Å². The van der Waals surface area contributed by atoms with Gasteiger partial charge in [-0.1, -0.05) is 32.9 Å². The molecule has 1 aromatic heterocycles. The summed E-state index contributed by atoms with van der Waals surface area (Å²) in [5, 5.41) is 0.480. The molecule has 7 heteroatoms. The summed E-state index contributed by atoms with van der Waals surface area (Å²) in [6.07, 6.45) is 0. The standard InChI is InChI=1S/C22H21NO6/c1-22(2,3)14-5-8-15(9-6-14)27-12-19(24)28-16-7-4-13-10-17(20(23)25)21(26)29-18(13)11-16/h4-11H,12H2,1-3H3,(H2,23,25). The van der Waals surface area contributed by atoms with Gasteiger partial charge in [-0.3, -0.25) is 4.79 Å². The number of ether oxygens (including phenoxy) is 2. The number of benzene rings is 2. The Hall–Kier alpha value is -3.61. The van der Waals surface area contributed by atoms with E-state index in [4.69, 9.17) is 19.6 Å². The molecule has 2 N–H and O–H groups in total. The summed E-state index contributed by atoms with van der Waals surface area (Å²) in [5.41, 5.74) is 5.39. The number of carbonyl (C=O) groups excluding carboxylic acids is 2. The molecule has 1 heterocycles. The number of rotatable bonds is 5. The second-order valence-corrected chi connectivity index (χ2v) is 7.55. The Labute approximate surface area is 167 Å². The van der Waals surface area contributed by atoms with E-state index >= 15 is 0 Å². The summed E-state index contributed by atoms with van der Waals surface area (Å²) < 4.78 is 15.7. The maximum atomic E-state index is 12.1. The lowest BCUT2D eigenvalue weighted by Gasteiger charge is -2.19. The van der Waals surface area contributed by atoms with Crippen LogP contribution >= 0.6 is 0 Å². The molecule has 3 aromatic rings. The van der Waals surface area contributed by atoms with E-state index in [1.165, 1.54) is 18.2 Å². The number of hydrogen-bond donors (Lipinski definition) is 1. The van der Waals surface area contributed by atoms with Crippen LogP contribution in [0.5, 0.6) is 11.5 Å². The summed E-state index contributed by atoms with van der Waals surface area (Å²) in [6, 6.07) is 13.3. The van der Waals surface area contributed by atoms with Crippen molar-refractivity contribution in [2.45, 2.75) is 26.2 Å². The van der Waals surface area contributed by atoms with Crippen LogP contribution in [-0.4, -0.2) is 18.5 Å². The van der Waals surface area contributed by atoms with Crippen molar-refractivity contribution in [1.29, 1.82) is 0 Å². The molecule has 150 valence electrons. The van der Waals surface area contributed by atoms with Gasteiger partial charge in [0.25, 0.3) is 5.91 Å². The Morgan fingerprint density at radius 2 is 1.66 bits per heavy atom. The molecule has 29 heavy (non-hydrogen) atoms. The average molecular weight is 395 g/mol. The van der Waals surface area contributed by atoms with Crippen molar-refractivity contribution in [3.8, 4) is 11.5 Å². The summed E-state index contributed by atoms with van der Waals surface area (Å²) >= 11 is 0. The van der Waals surface area contributed by atoms with Crippen LogP contribution in [0.3, 0.4) is 0 Å². The normalized spacial score (nSPS) is 11.3. The minimum atomic E-state index is -0.871. The van der Waals surface area contributed by atoms with E-state index in [1.807, 2.05) is 12.1 Å². The molecule has 0 saturated heterocycles. The summed E-state index contributed by atoms with van der Waals surface area (Å²) in [6.45, 7) is 6.05. The van der Waals surface area contributed by atoms with Crippen LogP contribution in [0.25, 0.3) is 11.0 Å². The number of esters is 1. The van der Waals surface area contributed by atoms with Gasteiger partial charge in [-0.2, -0.15) is 0 Å². The molecule has 0 aliphatic heterocycles. The van der Waals surface area contributed by atoms with Gasteiger partial charge >= 0.3 is 11.6 Å². The third-order valence-corrected chi connectivity index (χ3v) is 4.28. The zero-order valence-corrected chi connectivity index (χ0v) is 16.4. The van der Waals surface area contributed by atoms with Gasteiger partial charge in [0.2, 0.25) is 0 Å². The zero-order valence-electron chi connectivity index (χ0n) is 16.4. The molecular formula is C22H21NO6. The highest BCUT2D eigenvalue weighted by molar-refractivity contribution is 5.95. The smallest absolute Gasteiger partial charge is 0.349 e. The third kappa shape index (κ3) is 4.82. The Balaban J connectivity index is 1.66. The van der Waals surface area contributed by atoms with E-state index in [9.17, 15) is 14.4 Å². The average Bonchev–Trinajstić information content (AvgIpc) is 2.65. The third-order valence-electron chi connectivity index (χ3n) is 4.28. The second-order valence-electron chi connectivity index (χ2n) is 7.55. The lowest BCUT2D eigenvalue weighted by Crippen LogP contribution is -2.20. The molecule has 0 unspecified atom stereocenters. The van der Waals surface area contributed by atoms with Crippen LogP contribution < -0.4 is 20.8 Å². The number of hydrogen-bond acceptors (Lipinski definition) is 6. The van der Waals surface area contributed by atoms with Crippen LogP contribution in [0.15, 0.2) is 57.7 Å². The number of nitrogens with two attached hydrogens (primary N) is 1. The molecule has 0 radical (unpaired) electrons. The van der Waals surface area contributed by atoms with Crippen LogP contribution in [-0.2, 0) is 10.2 Å². The van der Waals surface area contributed by atoms with E-state index in [1.54, 1.807) is 18.2 Å². The summed E-state index contributed by atoms with van der Waals surface area (Å²) in [4.78, 5) is 35.0. The van der Waals surface area contributed by atoms with Gasteiger partial charge < -0.3 is 19.6 Å². The molecule has 0 fully saturated rings. The Bertz CT molecular complexity index is 1120. The minimum absolute atomic E-state index is 0.0285. The van der Waals surface area contributed by atoms with Gasteiger partial charge in [-0.25, -0.2) is 9.59 Å². The van der Waals surface area contributed by atoms with E-state index in [2.05, 4.69) is 20.8 Å². The van der Waals surface area contributed by atoms with E-state index in [-0.39, 0.29) is 28.9 Å². The molecule has 1 amide bonds. The topological polar surface area (TPSA) is 109 Å². The number of carbonyl (C=O) groups is 2. The molecule has 3 rings (SSSR count). The fourth-order valence-electron chi connectivity index (χ4n) is 2.68. The maximum Gasteiger partial charge on any atom is 0.349 e. The molecule has 0 spiro atoms. The number of primary amides is 1. The molecule has 0 aliphatic carbocycles. The van der Waals surface area contributed by atoms with Crippen LogP contribution in [0, 0.1) is 0 Å². The van der Waals surface area contributed by atoms with Crippen molar-refractivity contribution in [2.24, 2.45) is 5.73 Å². The lowest BCUT2D eigenvalue weighted by molar-refractivity contribution is -0.136. The van der Waals surface area contributed by atoms with Crippen LogP contribution in [0.4, 0.5) is 0 Å². The van der Waals surface area contributed by atoms with Crippen molar-refractivity contribution < 1.29 is 23.5 Å². The molecular weight excluding hydrogens is 374 g/mol. The van der Waals surface area contributed by atoms with Crippen molar-refractivity contribution in [1.82, 2.24) is 0 Å². The number of fused-ring (bicyclic) bond motifs is 1. The first-order valence-electron chi connectivity index (χ1n) is 8.95. The predicted molar refractivity (Wildman–Crippen MR) is 107 cm³/mol. The predicted octanol–water partition coefficient (Wildman–Crippen LogP) is 3.17. The van der Waals surface area contributed by atoms with Crippen molar-refractivity contribution in [2.75, 3.05) is 6.61 Å². The largest absolute Gasteiger partial charge is 0.482 e. The molecule has 0 bridgehead atoms. The van der Waals surface area contributed by atoms with Crippen LogP contribution in [0.1, 0.15) is 36.7 Å². The fourth-order valence-corrected chi connectivity index (χ4v) is 2.68. The first-order chi connectivity index (χ1) is 13.6. The van der Waals surface area contributed by atoms with Gasteiger partial charge in [-0.05, 0) is 41.3 Å². The zero-order chi connectivity index (χ0) is 21.2. The highest BCUT2D eigenvalue weighted by atomic mass is 16.6. The highest BCUT2D eigenvalue weighted by Gasteiger charge is 2.14. The van der Waals surface area contributed by atoms with Gasteiger partial charge in [-0.15, -0.1) is 0 Å². The van der Waals surface area contributed by atoms with E-state index in [0.717, 1.165) is 5.56 Å². The second kappa shape index (κ2) is 7.79. The van der Waals surface area contributed by atoms with E-state index < -0.39 is 17.5 Å². The molecule has 0 saturated carbocycles. The Morgan fingerprint density at radius 1 is 1.00 bits per heavy atom. The fraction of sp³-hybridized carbons (Fsp3) is 0.227. The SMILES string of the molecule is CC(C)(C)c1ccc(OCC(=O)Oc2ccc3cc(C(N)=O)c(=O)oc3c2)cc1.